The molecule has 0 aromatic heterocycles. The standard InChI is InChI=1S/C20H27N3O5/c1-20(2,3)28-19(26)23-9-12(10-23)11-27-16-8-13(4-6-15(16)21)14-5-7-17(24)22-18(14)25/h4,6,8,12,14H,5,7,9-11,21H2,1-3H3,(H,22,24,25). The molecule has 1 aromatic carbocycles. The Morgan fingerprint density at radius 2 is 2.00 bits per heavy atom. The third-order valence-electron chi connectivity index (χ3n) is 4.76. The average Bonchev–Trinajstić information content (AvgIpc) is 2.53. The molecule has 0 spiro atoms. The summed E-state index contributed by atoms with van der Waals surface area (Å²) in [5.41, 5.74) is 6.75. The Morgan fingerprint density at radius 1 is 1.29 bits per heavy atom. The van der Waals surface area contributed by atoms with Crippen LogP contribution in [0.3, 0.4) is 0 Å². The minimum Gasteiger partial charge on any atom is -0.491 e. The quantitative estimate of drug-likeness (QED) is 0.602. The highest BCUT2D eigenvalue weighted by Crippen LogP contribution is 2.31. The van der Waals surface area contributed by atoms with Crippen molar-refractivity contribution >= 4 is 23.6 Å². The van der Waals surface area contributed by atoms with Crippen molar-refractivity contribution in [2.45, 2.75) is 45.1 Å². The molecule has 2 heterocycles. The highest BCUT2D eigenvalue weighted by molar-refractivity contribution is 6.01. The first kappa shape index (κ1) is 20.0. The Balaban J connectivity index is 1.54. The first-order valence-corrected chi connectivity index (χ1v) is 9.46. The molecular formula is C20H27N3O5. The molecule has 8 heteroatoms. The summed E-state index contributed by atoms with van der Waals surface area (Å²) in [5, 5.41) is 2.36. The summed E-state index contributed by atoms with van der Waals surface area (Å²) in [7, 11) is 0. The third-order valence-corrected chi connectivity index (χ3v) is 4.76. The van der Waals surface area contributed by atoms with E-state index in [1.165, 1.54) is 0 Å². The van der Waals surface area contributed by atoms with Crippen LogP contribution in [0.1, 0.15) is 45.1 Å². The van der Waals surface area contributed by atoms with E-state index in [-0.39, 0.29) is 29.7 Å². The Bertz CT molecular complexity index is 781. The van der Waals surface area contributed by atoms with E-state index in [4.69, 9.17) is 15.2 Å². The number of nitrogens with one attached hydrogen (secondary N) is 1. The van der Waals surface area contributed by atoms with Gasteiger partial charge in [0, 0.05) is 25.4 Å². The van der Waals surface area contributed by atoms with E-state index in [1.807, 2.05) is 20.8 Å². The number of carbonyl (C=O) groups excluding carboxylic acids is 3. The summed E-state index contributed by atoms with van der Waals surface area (Å²) in [6.45, 7) is 7.07. The van der Waals surface area contributed by atoms with Gasteiger partial charge < -0.3 is 20.1 Å². The second-order valence-electron chi connectivity index (χ2n) is 8.36. The second kappa shape index (κ2) is 7.69. The fraction of sp³-hybridized carbons (Fsp3) is 0.550. The predicted octanol–water partition coefficient (Wildman–Crippen LogP) is 2.03. The summed E-state index contributed by atoms with van der Waals surface area (Å²) in [4.78, 5) is 37.0. The van der Waals surface area contributed by atoms with Gasteiger partial charge in [-0.3, -0.25) is 14.9 Å². The van der Waals surface area contributed by atoms with Gasteiger partial charge in [0.05, 0.1) is 18.2 Å². The van der Waals surface area contributed by atoms with Crippen molar-refractivity contribution in [3.8, 4) is 5.75 Å². The average molecular weight is 389 g/mol. The van der Waals surface area contributed by atoms with Crippen LogP contribution in [0.2, 0.25) is 0 Å². The number of anilines is 1. The van der Waals surface area contributed by atoms with E-state index in [2.05, 4.69) is 5.32 Å². The number of carbonyl (C=O) groups is 3. The summed E-state index contributed by atoms with van der Waals surface area (Å²) < 4.78 is 11.2. The maximum Gasteiger partial charge on any atom is 0.410 e. The van der Waals surface area contributed by atoms with Crippen molar-refractivity contribution < 1.29 is 23.9 Å². The van der Waals surface area contributed by atoms with Crippen LogP contribution in [0.5, 0.6) is 5.75 Å². The van der Waals surface area contributed by atoms with Gasteiger partial charge in [0.1, 0.15) is 11.4 Å². The fourth-order valence-corrected chi connectivity index (χ4v) is 3.26. The van der Waals surface area contributed by atoms with Gasteiger partial charge in [-0.15, -0.1) is 0 Å². The lowest BCUT2D eigenvalue weighted by atomic mass is 9.90. The monoisotopic (exact) mass is 389 g/mol. The molecule has 0 bridgehead atoms. The molecule has 0 aliphatic carbocycles. The number of imide groups is 1. The zero-order chi connectivity index (χ0) is 20.5. The van der Waals surface area contributed by atoms with Crippen LogP contribution >= 0.6 is 0 Å². The van der Waals surface area contributed by atoms with Crippen molar-refractivity contribution in [2.75, 3.05) is 25.4 Å². The number of nitrogen functional groups attached to an aromatic ring is 1. The molecule has 3 N–H and O–H groups in total. The molecule has 0 radical (unpaired) electrons. The minimum absolute atomic E-state index is 0.200. The Kier molecular flexibility index (Phi) is 5.49. The predicted molar refractivity (Wildman–Crippen MR) is 103 cm³/mol. The van der Waals surface area contributed by atoms with Crippen LogP contribution in [0, 0.1) is 5.92 Å². The molecule has 1 atom stereocenters. The van der Waals surface area contributed by atoms with Gasteiger partial charge in [-0.1, -0.05) is 6.07 Å². The van der Waals surface area contributed by atoms with Crippen molar-refractivity contribution in [3.63, 3.8) is 0 Å². The molecule has 0 saturated carbocycles. The number of hydrogen-bond acceptors (Lipinski definition) is 6. The first-order valence-electron chi connectivity index (χ1n) is 9.46. The smallest absolute Gasteiger partial charge is 0.410 e. The van der Waals surface area contributed by atoms with Crippen LogP contribution in [0.25, 0.3) is 0 Å². The maximum absolute atomic E-state index is 12.1. The maximum atomic E-state index is 12.1. The number of likely N-dealkylation sites (tertiary alicyclic amines) is 1. The molecule has 1 aromatic rings. The summed E-state index contributed by atoms with van der Waals surface area (Å²) in [5.74, 6) is -0.206. The lowest BCUT2D eigenvalue weighted by molar-refractivity contribution is -0.134. The van der Waals surface area contributed by atoms with Gasteiger partial charge in [0.15, 0.2) is 0 Å². The van der Waals surface area contributed by atoms with Crippen LogP contribution in [0.15, 0.2) is 18.2 Å². The SMILES string of the molecule is CC(C)(C)OC(=O)N1CC(COc2cc(C3CCC(=O)NC3=O)ccc2N)C1. The summed E-state index contributed by atoms with van der Waals surface area (Å²) in [6.07, 6.45) is 0.476. The van der Waals surface area contributed by atoms with Crippen molar-refractivity contribution in [1.82, 2.24) is 10.2 Å². The normalized spacial score (nSPS) is 20.4. The lowest BCUT2D eigenvalue weighted by Gasteiger charge is -2.39. The van der Waals surface area contributed by atoms with Crippen LogP contribution in [0.4, 0.5) is 10.5 Å². The van der Waals surface area contributed by atoms with Crippen molar-refractivity contribution in [3.05, 3.63) is 23.8 Å². The number of hydrogen-bond donors (Lipinski definition) is 2. The molecule has 1 unspecified atom stereocenters. The molecular weight excluding hydrogens is 362 g/mol. The van der Waals surface area contributed by atoms with Crippen LogP contribution < -0.4 is 15.8 Å². The third kappa shape index (κ3) is 4.74. The van der Waals surface area contributed by atoms with Gasteiger partial charge in [-0.05, 0) is 44.9 Å². The number of nitrogens with zero attached hydrogens (tertiary/aromatic N) is 1. The molecule has 3 rings (SSSR count). The Hall–Kier alpha value is -2.77. The number of nitrogens with two attached hydrogens (primary N) is 1. The van der Waals surface area contributed by atoms with Gasteiger partial charge in [-0.25, -0.2) is 4.79 Å². The number of piperidine rings is 1. The Morgan fingerprint density at radius 3 is 2.64 bits per heavy atom. The van der Waals surface area contributed by atoms with E-state index >= 15 is 0 Å². The van der Waals surface area contributed by atoms with E-state index < -0.39 is 5.60 Å². The van der Waals surface area contributed by atoms with E-state index in [0.717, 1.165) is 5.56 Å². The lowest BCUT2D eigenvalue weighted by Crippen LogP contribution is -2.53. The minimum atomic E-state index is -0.510. The van der Waals surface area contributed by atoms with Gasteiger partial charge in [0.25, 0.3) is 0 Å². The molecule has 2 saturated heterocycles. The molecule has 152 valence electrons. The van der Waals surface area contributed by atoms with E-state index in [0.29, 0.717) is 44.0 Å². The molecule has 28 heavy (non-hydrogen) atoms. The summed E-state index contributed by atoms with van der Waals surface area (Å²) in [6, 6.07) is 5.26. The molecule has 3 amide bonds. The van der Waals surface area contributed by atoms with Crippen molar-refractivity contribution in [2.24, 2.45) is 5.92 Å². The van der Waals surface area contributed by atoms with Gasteiger partial charge in [-0.2, -0.15) is 0 Å². The Labute approximate surface area is 164 Å². The van der Waals surface area contributed by atoms with Crippen LogP contribution in [-0.4, -0.2) is 48.1 Å². The topological polar surface area (TPSA) is 111 Å². The molecule has 8 nitrogen and oxygen atoms in total. The molecule has 2 aliphatic heterocycles. The van der Waals surface area contributed by atoms with Crippen molar-refractivity contribution in [1.29, 1.82) is 0 Å². The van der Waals surface area contributed by atoms with Gasteiger partial charge in [0.2, 0.25) is 11.8 Å². The number of ether oxygens (including phenoxy) is 2. The molecule has 2 aliphatic rings. The highest BCUT2D eigenvalue weighted by atomic mass is 16.6. The number of amides is 3. The second-order valence-corrected chi connectivity index (χ2v) is 8.36. The number of rotatable bonds is 4. The van der Waals surface area contributed by atoms with Gasteiger partial charge >= 0.3 is 6.09 Å². The summed E-state index contributed by atoms with van der Waals surface area (Å²) >= 11 is 0. The van der Waals surface area contributed by atoms with E-state index in [9.17, 15) is 14.4 Å². The largest absolute Gasteiger partial charge is 0.491 e. The zero-order valence-corrected chi connectivity index (χ0v) is 16.5. The first-order chi connectivity index (χ1) is 13.1. The highest BCUT2D eigenvalue weighted by Gasteiger charge is 2.34. The molecule has 2 fully saturated rings. The number of benzene rings is 1. The van der Waals surface area contributed by atoms with Crippen LogP contribution in [-0.2, 0) is 14.3 Å². The fourth-order valence-electron chi connectivity index (χ4n) is 3.26. The zero-order valence-electron chi connectivity index (χ0n) is 16.5. The van der Waals surface area contributed by atoms with E-state index in [1.54, 1.807) is 23.1 Å².